The lowest BCUT2D eigenvalue weighted by atomic mass is 10.0. The number of ketones is 1. The fraction of sp³-hybridized carbons (Fsp3) is 0.0625. The summed E-state index contributed by atoms with van der Waals surface area (Å²) < 4.78 is 5.86. The summed E-state index contributed by atoms with van der Waals surface area (Å²) in [5.41, 5.74) is 2.68. The van der Waals surface area contributed by atoms with Crippen LogP contribution < -0.4 is 0 Å². The highest BCUT2D eigenvalue weighted by atomic mass is 79.9. The van der Waals surface area contributed by atoms with Crippen molar-refractivity contribution in [2.75, 3.05) is 0 Å². The SMILES string of the molecule is Cc1ccc(C(=O)c2coc3ccc(O)c(Br)c23)cc1. The van der Waals surface area contributed by atoms with Crippen molar-refractivity contribution in [3.05, 3.63) is 63.8 Å². The van der Waals surface area contributed by atoms with Crippen LogP contribution in [0.2, 0.25) is 0 Å². The fourth-order valence-electron chi connectivity index (χ4n) is 2.11. The van der Waals surface area contributed by atoms with Gasteiger partial charge < -0.3 is 9.52 Å². The minimum atomic E-state index is -0.130. The maximum atomic E-state index is 12.5. The smallest absolute Gasteiger partial charge is 0.196 e. The molecule has 1 aromatic heterocycles. The lowest BCUT2D eigenvalue weighted by Gasteiger charge is -2.02. The maximum Gasteiger partial charge on any atom is 0.196 e. The number of rotatable bonds is 2. The summed E-state index contributed by atoms with van der Waals surface area (Å²) in [5, 5.41) is 10.3. The number of furan rings is 1. The first-order valence-corrected chi connectivity index (χ1v) is 6.87. The van der Waals surface area contributed by atoms with Gasteiger partial charge >= 0.3 is 0 Å². The van der Waals surface area contributed by atoms with Gasteiger partial charge in [0.05, 0.1) is 10.0 Å². The van der Waals surface area contributed by atoms with Gasteiger partial charge in [-0.15, -0.1) is 0 Å². The van der Waals surface area contributed by atoms with E-state index < -0.39 is 0 Å². The fourth-order valence-corrected chi connectivity index (χ4v) is 2.65. The second-order valence-corrected chi connectivity index (χ2v) is 5.41. The van der Waals surface area contributed by atoms with Gasteiger partial charge in [-0.05, 0) is 35.0 Å². The quantitative estimate of drug-likeness (QED) is 0.706. The van der Waals surface area contributed by atoms with Crippen molar-refractivity contribution in [3.63, 3.8) is 0 Å². The largest absolute Gasteiger partial charge is 0.507 e. The molecule has 3 aromatic rings. The zero-order valence-electron chi connectivity index (χ0n) is 10.7. The Balaban J connectivity index is 2.17. The van der Waals surface area contributed by atoms with E-state index >= 15 is 0 Å². The van der Waals surface area contributed by atoms with E-state index in [-0.39, 0.29) is 11.5 Å². The van der Waals surface area contributed by atoms with Crippen molar-refractivity contribution < 1.29 is 14.3 Å². The molecule has 1 heterocycles. The average molecular weight is 331 g/mol. The maximum absolute atomic E-state index is 12.5. The summed E-state index contributed by atoms with van der Waals surface area (Å²) in [4.78, 5) is 12.5. The predicted molar refractivity (Wildman–Crippen MR) is 80.2 cm³/mol. The molecule has 0 aliphatic rings. The standard InChI is InChI=1S/C16H11BrO3/c1-9-2-4-10(5-3-9)16(19)11-8-20-13-7-6-12(18)15(17)14(11)13/h2-8,18H,1H3. The zero-order chi connectivity index (χ0) is 14.3. The number of fused-ring (bicyclic) bond motifs is 1. The van der Waals surface area contributed by atoms with E-state index in [1.165, 1.54) is 12.3 Å². The molecule has 0 radical (unpaired) electrons. The van der Waals surface area contributed by atoms with Crippen molar-refractivity contribution in [2.45, 2.75) is 6.92 Å². The van der Waals surface area contributed by atoms with E-state index in [0.717, 1.165) is 5.56 Å². The van der Waals surface area contributed by atoms with E-state index in [2.05, 4.69) is 15.9 Å². The number of halogens is 1. The number of carbonyl (C=O) groups excluding carboxylic acids is 1. The molecule has 1 N–H and O–H groups in total. The lowest BCUT2D eigenvalue weighted by molar-refractivity contribution is 0.103. The summed E-state index contributed by atoms with van der Waals surface area (Å²) in [5.74, 6) is -0.0492. The van der Waals surface area contributed by atoms with Gasteiger partial charge in [-0.1, -0.05) is 29.8 Å². The van der Waals surface area contributed by atoms with Crippen LogP contribution in [0.15, 0.2) is 51.6 Å². The molecule has 0 fully saturated rings. The first kappa shape index (κ1) is 12.9. The van der Waals surface area contributed by atoms with E-state index in [4.69, 9.17) is 4.42 Å². The van der Waals surface area contributed by atoms with E-state index in [1.807, 2.05) is 19.1 Å². The molecule has 0 aliphatic carbocycles. The van der Waals surface area contributed by atoms with Crippen LogP contribution in [0.25, 0.3) is 11.0 Å². The molecule has 4 heteroatoms. The highest BCUT2D eigenvalue weighted by molar-refractivity contribution is 9.10. The second-order valence-electron chi connectivity index (χ2n) is 4.62. The van der Waals surface area contributed by atoms with Gasteiger partial charge in [-0.3, -0.25) is 4.79 Å². The molecule has 100 valence electrons. The van der Waals surface area contributed by atoms with Crippen molar-refractivity contribution >= 4 is 32.7 Å². The number of phenols is 1. The Hall–Kier alpha value is -2.07. The molecule has 2 aromatic carbocycles. The molecule has 20 heavy (non-hydrogen) atoms. The van der Waals surface area contributed by atoms with Crippen molar-refractivity contribution in [1.82, 2.24) is 0 Å². The van der Waals surface area contributed by atoms with Crippen LogP contribution in [-0.4, -0.2) is 10.9 Å². The van der Waals surface area contributed by atoms with Crippen LogP contribution in [0, 0.1) is 6.92 Å². The number of hydrogen-bond donors (Lipinski definition) is 1. The summed E-state index contributed by atoms with van der Waals surface area (Å²) >= 11 is 3.30. The molecule has 0 saturated heterocycles. The van der Waals surface area contributed by atoms with E-state index in [1.54, 1.807) is 18.2 Å². The number of aryl methyl sites for hydroxylation is 1. The van der Waals surface area contributed by atoms with E-state index in [0.29, 0.717) is 26.6 Å². The summed E-state index contributed by atoms with van der Waals surface area (Å²) in [6.07, 6.45) is 1.43. The first-order valence-electron chi connectivity index (χ1n) is 6.08. The molecule has 0 spiro atoms. The van der Waals surface area contributed by atoms with Gasteiger partial charge in [0.25, 0.3) is 0 Å². The molecule has 0 atom stereocenters. The lowest BCUT2D eigenvalue weighted by Crippen LogP contribution is -2.00. The van der Waals surface area contributed by atoms with Crippen LogP contribution in [0.5, 0.6) is 5.75 Å². The monoisotopic (exact) mass is 330 g/mol. The number of hydrogen-bond acceptors (Lipinski definition) is 3. The molecule has 0 bridgehead atoms. The summed E-state index contributed by atoms with van der Waals surface area (Å²) in [6.45, 7) is 1.97. The van der Waals surface area contributed by atoms with Gasteiger partial charge in [0, 0.05) is 10.9 Å². The third-order valence-electron chi connectivity index (χ3n) is 3.21. The Labute approximate surface area is 124 Å². The Morgan fingerprint density at radius 2 is 1.85 bits per heavy atom. The Kier molecular flexibility index (Phi) is 3.10. The highest BCUT2D eigenvalue weighted by Gasteiger charge is 2.19. The van der Waals surface area contributed by atoms with E-state index in [9.17, 15) is 9.90 Å². The van der Waals surface area contributed by atoms with Gasteiger partial charge in [-0.25, -0.2) is 0 Å². The molecule has 0 amide bonds. The van der Waals surface area contributed by atoms with Gasteiger partial charge in [0.1, 0.15) is 17.6 Å². The van der Waals surface area contributed by atoms with Crippen LogP contribution in [0.3, 0.4) is 0 Å². The molecule has 3 nitrogen and oxygen atoms in total. The highest BCUT2D eigenvalue weighted by Crippen LogP contribution is 2.36. The molecule has 3 rings (SSSR count). The molecule has 0 saturated carbocycles. The third-order valence-corrected chi connectivity index (χ3v) is 4.02. The van der Waals surface area contributed by atoms with Gasteiger partial charge in [0.15, 0.2) is 5.78 Å². The molecular formula is C16H11BrO3. The number of carbonyl (C=O) groups is 1. The van der Waals surface area contributed by atoms with Crippen LogP contribution in [0.1, 0.15) is 21.5 Å². The molecule has 0 aliphatic heterocycles. The predicted octanol–water partition coefficient (Wildman–Crippen LogP) is 4.44. The topological polar surface area (TPSA) is 50.4 Å². The average Bonchev–Trinajstić information content (AvgIpc) is 2.87. The van der Waals surface area contributed by atoms with Crippen LogP contribution in [-0.2, 0) is 0 Å². The van der Waals surface area contributed by atoms with Crippen LogP contribution in [0.4, 0.5) is 0 Å². The first-order chi connectivity index (χ1) is 9.58. The summed E-state index contributed by atoms with van der Waals surface area (Å²) in [7, 11) is 0. The summed E-state index contributed by atoms with van der Waals surface area (Å²) in [6, 6.07) is 10.5. The Morgan fingerprint density at radius 3 is 2.55 bits per heavy atom. The van der Waals surface area contributed by atoms with Crippen molar-refractivity contribution in [1.29, 1.82) is 0 Å². The minimum Gasteiger partial charge on any atom is -0.507 e. The van der Waals surface area contributed by atoms with Crippen LogP contribution >= 0.6 is 15.9 Å². The van der Waals surface area contributed by atoms with Gasteiger partial charge in [0.2, 0.25) is 0 Å². The third kappa shape index (κ3) is 2.02. The molecule has 0 unspecified atom stereocenters. The minimum absolute atomic E-state index is 0.0804. The Morgan fingerprint density at radius 1 is 1.15 bits per heavy atom. The second kappa shape index (κ2) is 4.80. The normalized spacial score (nSPS) is 10.9. The van der Waals surface area contributed by atoms with Crippen molar-refractivity contribution in [2.24, 2.45) is 0 Å². The van der Waals surface area contributed by atoms with Gasteiger partial charge in [-0.2, -0.15) is 0 Å². The number of benzene rings is 2. The Bertz CT molecular complexity index is 800. The zero-order valence-corrected chi connectivity index (χ0v) is 12.3. The molecular weight excluding hydrogens is 320 g/mol. The van der Waals surface area contributed by atoms with Crippen molar-refractivity contribution in [3.8, 4) is 5.75 Å². The number of phenolic OH excluding ortho intramolecular Hbond substituents is 1. The number of aromatic hydroxyl groups is 1.